The summed E-state index contributed by atoms with van der Waals surface area (Å²) in [6.45, 7) is 0. The topological polar surface area (TPSA) is 0 Å². The van der Waals surface area contributed by atoms with E-state index in [9.17, 15) is 0 Å². The van der Waals surface area contributed by atoms with Gasteiger partial charge >= 0.3 is 0 Å². The first-order valence-electron chi connectivity index (χ1n) is 4.22. The zero-order chi connectivity index (χ0) is 7.94. The molecule has 1 aliphatic carbocycles. The highest BCUT2D eigenvalue weighted by atomic mass is 33.1. The molecule has 1 aliphatic rings. The largest absolute Gasteiger partial charge is 0.110 e. The van der Waals surface area contributed by atoms with E-state index in [1.54, 1.807) is 10.8 Å². The quantitative estimate of drug-likeness (QED) is 0.372. The van der Waals surface area contributed by atoms with Gasteiger partial charge in [0.05, 0.1) is 5.25 Å². The van der Waals surface area contributed by atoms with Crippen molar-refractivity contribution < 1.29 is 0 Å². The lowest BCUT2D eigenvalue weighted by molar-refractivity contribution is 0.637. The lowest BCUT2D eigenvalue weighted by Crippen LogP contribution is -1.95. The standard InChI is InChI=1S/C9H14S2/c10-11-9-7-5-3-1-2-4-6-8-9/h9-10H,1-5,7H2. The van der Waals surface area contributed by atoms with Gasteiger partial charge in [0.2, 0.25) is 0 Å². The Morgan fingerprint density at radius 2 is 2.00 bits per heavy atom. The van der Waals surface area contributed by atoms with Crippen molar-refractivity contribution in [2.24, 2.45) is 0 Å². The first kappa shape index (κ1) is 9.35. The molecule has 0 aromatic heterocycles. The molecule has 0 fully saturated rings. The minimum atomic E-state index is 0.483. The number of hydrogen-bond acceptors (Lipinski definition) is 2. The van der Waals surface area contributed by atoms with Crippen LogP contribution in [0.2, 0.25) is 0 Å². The third kappa shape index (κ3) is 3.98. The normalized spacial score (nSPS) is 25.7. The second-order valence-corrected chi connectivity index (χ2v) is 4.28. The molecule has 1 atom stereocenters. The van der Waals surface area contributed by atoms with Gasteiger partial charge in [-0.05, 0) is 12.8 Å². The molecule has 0 radical (unpaired) electrons. The number of hydrogen-bond donors (Lipinski definition) is 1. The van der Waals surface area contributed by atoms with Gasteiger partial charge in [0.25, 0.3) is 0 Å². The molecule has 0 heterocycles. The van der Waals surface area contributed by atoms with Gasteiger partial charge in [0.1, 0.15) is 0 Å². The van der Waals surface area contributed by atoms with Crippen LogP contribution in [0.1, 0.15) is 38.5 Å². The van der Waals surface area contributed by atoms with E-state index in [0.29, 0.717) is 5.25 Å². The van der Waals surface area contributed by atoms with Crippen LogP contribution in [0.25, 0.3) is 0 Å². The summed E-state index contributed by atoms with van der Waals surface area (Å²) in [5.74, 6) is 6.46. The van der Waals surface area contributed by atoms with Crippen molar-refractivity contribution >= 4 is 22.5 Å². The van der Waals surface area contributed by atoms with E-state index in [4.69, 9.17) is 0 Å². The SMILES string of the molecule is SSC1C#CCCCCCC1. The molecule has 0 N–H and O–H groups in total. The van der Waals surface area contributed by atoms with Crippen LogP contribution in [-0.2, 0) is 0 Å². The van der Waals surface area contributed by atoms with Crippen LogP contribution in [0.4, 0.5) is 0 Å². The van der Waals surface area contributed by atoms with Crippen molar-refractivity contribution in [1.29, 1.82) is 0 Å². The molecule has 1 unspecified atom stereocenters. The maximum Gasteiger partial charge on any atom is 0.0758 e. The van der Waals surface area contributed by atoms with Crippen molar-refractivity contribution in [3.8, 4) is 11.8 Å². The predicted octanol–water partition coefficient (Wildman–Crippen LogP) is 3.29. The number of thiol groups is 1. The Morgan fingerprint density at radius 1 is 1.18 bits per heavy atom. The molecule has 0 aromatic carbocycles. The Balaban J connectivity index is 2.36. The molecule has 0 nitrogen and oxygen atoms in total. The van der Waals surface area contributed by atoms with E-state index in [0.717, 1.165) is 6.42 Å². The minimum absolute atomic E-state index is 0.483. The molecule has 11 heavy (non-hydrogen) atoms. The maximum absolute atomic E-state index is 4.20. The van der Waals surface area contributed by atoms with E-state index in [2.05, 4.69) is 23.5 Å². The summed E-state index contributed by atoms with van der Waals surface area (Å²) in [7, 11) is 1.60. The summed E-state index contributed by atoms with van der Waals surface area (Å²) in [4.78, 5) is 0. The van der Waals surface area contributed by atoms with Gasteiger partial charge in [-0.25, -0.2) is 0 Å². The van der Waals surface area contributed by atoms with Gasteiger partial charge in [-0.2, -0.15) is 0 Å². The third-order valence-corrected chi connectivity index (χ3v) is 3.28. The molecule has 0 spiro atoms. The third-order valence-electron chi connectivity index (χ3n) is 1.91. The fourth-order valence-electron chi connectivity index (χ4n) is 1.23. The monoisotopic (exact) mass is 186 g/mol. The van der Waals surface area contributed by atoms with Crippen LogP contribution in [0, 0.1) is 11.8 Å². The molecule has 1 rings (SSSR count). The maximum atomic E-state index is 4.20. The summed E-state index contributed by atoms with van der Waals surface area (Å²) in [5, 5.41) is 0.483. The molecule has 0 aliphatic heterocycles. The highest BCUT2D eigenvalue weighted by Crippen LogP contribution is 2.21. The van der Waals surface area contributed by atoms with Crippen molar-refractivity contribution in [3.63, 3.8) is 0 Å². The summed E-state index contributed by atoms with van der Waals surface area (Å²) in [6, 6.07) is 0. The molecular weight excluding hydrogens is 172 g/mol. The van der Waals surface area contributed by atoms with Crippen LogP contribution in [0.3, 0.4) is 0 Å². The van der Waals surface area contributed by atoms with Crippen LogP contribution in [-0.4, -0.2) is 5.25 Å². The summed E-state index contributed by atoms with van der Waals surface area (Å²) < 4.78 is 0. The smallest absolute Gasteiger partial charge is 0.0758 e. The van der Waals surface area contributed by atoms with Crippen LogP contribution in [0.5, 0.6) is 0 Å². The van der Waals surface area contributed by atoms with Gasteiger partial charge in [-0.3, -0.25) is 0 Å². The van der Waals surface area contributed by atoms with Crippen LogP contribution < -0.4 is 0 Å². The summed E-state index contributed by atoms with van der Waals surface area (Å²) >= 11 is 4.20. The fourth-order valence-corrected chi connectivity index (χ4v) is 2.12. The fraction of sp³-hybridized carbons (Fsp3) is 0.778. The van der Waals surface area contributed by atoms with Crippen molar-refractivity contribution in [2.45, 2.75) is 43.8 Å². The molecule has 2 heteroatoms. The molecule has 0 amide bonds. The van der Waals surface area contributed by atoms with Gasteiger partial charge in [-0.15, -0.1) is 17.6 Å². The molecule has 0 aromatic rings. The van der Waals surface area contributed by atoms with Gasteiger partial charge in [0, 0.05) is 6.42 Å². The zero-order valence-corrected chi connectivity index (χ0v) is 8.39. The first-order valence-corrected chi connectivity index (χ1v) is 6.15. The van der Waals surface area contributed by atoms with Crippen LogP contribution in [0.15, 0.2) is 0 Å². The van der Waals surface area contributed by atoms with E-state index >= 15 is 0 Å². The molecule has 62 valence electrons. The molecule has 0 saturated heterocycles. The Labute approximate surface area is 78.3 Å². The highest BCUT2D eigenvalue weighted by Gasteiger charge is 2.03. The van der Waals surface area contributed by atoms with E-state index < -0.39 is 0 Å². The first-order chi connectivity index (χ1) is 5.43. The van der Waals surface area contributed by atoms with Crippen molar-refractivity contribution in [2.75, 3.05) is 0 Å². The van der Waals surface area contributed by atoms with Gasteiger partial charge < -0.3 is 0 Å². The lowest BCUT2D eigenvalue weighted by Gasteiger charge is -2.03. The summed E-state index contributed by atoms with van der Waals surface area (Å²) in [5.41, 5.74) is 0. The average Bonchev–Trinajstić information content (AvgIpc) is 2.16. The summed E-state index contributed by atoms with van der Waals surface area (Å²) in [6.07, 6.45) is 7.66. The molecule has 0 saturated carbocycles. The van der Waals surface area contributed by atoms with Crippen molar-refractivity contribution in [1.82, 2.24) is 0 Å². The average molecular weight is 186 g/mol. The zero-order valence-electron chi connectivity index (χ0n) is 6.68. The number of rotatable bonds is 1. The Bertz CT molecular complexity index is 155. The molecule has 0 bridgehead atoms. The Morgan fingerprint density at radius 3 is 2.82 bits per heavy atom. The van der Waals surface area contributed by atoms with E-state index in [1.807, 2.05) is 0 Å². The second kappa shape index (κ2) is 5.85. The van der Waals surface area contributed by atoms with Gasteiger partial charge in [0.15, 0.2) is 0 Å². The lowest BCUT2D eigenvalue weighted by atomic mass is 10.1. The van der Waals surface area contributed by atoms with Crippen LogP contribution >= 0.6 is 22.5 Å². The second-order valence-electron chi connectivity index (χ2n) is 2.87. The molecular formula is C9H14S2. The van der Waals surface area contributed by atoms with E-state index in [1.165, 1.54) is 32.1 Å². The van der Waals surface area contributed by atoms with E-state index in [-0.39, 0.29) is 0 Å². The minimum Gasteiger partial charge on any atom is -0.110 e. The Hall–Kier alpha value is 0.260. The highest BCUT2D eigenvalue weighted by molar-refractivity contribution is 8.69. The van der Waals surface area contributed by atoms with Crippen molar-refractivity contribution in [3.05, 3.63) is 0 Å². The Kier molecular flexibility index (Phi) is 4.97. The predicted molar refractivity (Wildman–Crippen MR) is 55.8 cm³/mol. The van der Waals surface area contributed by atoms with Gasteiger partial charge in [-0.1, -0.05) is 36.0 Å².